The number of benzene rings is 2. The van der Waals surface area contributed by atoms with Gasteiger partial charge in [0.1, 0.15) is 20.1 Å². The monoisotopic (exact) mass is 356 g/mol. The summed E-state index contributed by atoms with van der Waals surface area (Å²) in [5.74, 6) is 0.594. The van der Waals surface area contributed by atoms with Crippen molar-refractivity contribution in [3.05, 3.63) is 59.7 Å². The molecule has 0 amide bonds. The Morgan fingerprint density at radius 3 is 2.40 bits per heavy atom. The van der Waals surface area contributed by atoms with E-state index in [1.54, 1.807) is 0 Å². The van der Waals surface area contributed by atoms with Gasteiger partial charge in [-0.15, -0.1) is 0 Å². The molecule has 2 aromatic rings. The summed E-state index contributed by atoms with van der Waals surface area (Å²) < 4.78 is 10.8. The molecule has 2 aromatic carbocycles. The third kappa shape index (κ3) is 5.29. The number of carbonyl (C=O) groups is 2. The molecule has 0 aliphatic carbocycles. The number of para-hydroxylation sites is 1. The zero-order valence-corrected chi connectivity index (χ0v) is 16.0. The molecule has 25 heavy (non-hydrogen) atoms. The van der Waals surface area contributed by atoms with Crippen molar-refractivity contribution in [3.8, 4) is 5.75 Å². The van der Waals surface area contributed by atoms with Gasteiger partial charge < -0.3 is 9.47 Å². The average molecular weight is 356 g/mol. The van der Waals surface area contributed by atoms with E-state index in [1.165, 1.54) is 12.3 Å². The minimum atomic E-state index is -1.80. The van der Waals surface area contributed by atoms with Gasteiger partial charge in [0, 0.05) is 12.0 Å². The number of carbonyl (C=O) groups excluding carboxylic acids is 2. The van der Waals surface area contributed by atoms with Gasteiger partial charge in [-0.1, -0.05) is 60.7 Å². The lowest BCUT2D eigenvalue weighted by Gasteiger charge is -2.24. The number of ether oxygens (including phenoxy) is 2. The van der Waals surface area contributed by atoms with E-state index in [0.29, 0.717) is 24.6 Å². The summed E-state index contributed by atoms with van der Waals surface area (Å²) >= 11 is 0. The van der Waals surface area contributed by atoms with Gasteiger partial charge in [-0.25, -0.2) is 0 Å². The molecule has 0 heterocycles. The summed E-state index contributed by atoms with van der Waals surface area (Å²) in [6, 6.07) is 15.5. The first-order valence-electron chi connectivity index (χ1n) is 8.29. The molecule has 0 fully saturated rings. The minimum absolute atomic E-state index is 0.222. The van der Waals surface area contributed by atoms with E-state index >= 15 is 0 Å². The summed E-state index contributed by atoms with van der Waals surface area (Å²) in [6.45, 7) is 4.47. The highest BCUT2D eigenvalue weighted by molar-refractivity contribution is 6.89. The Balaban J connectivity index is 2.06. The SMILES string of the molecule is COC(=O)CCc1ccccc1OC[Si](C)(C)c1ccc(C=O)cc1. The fourth-order valence-electron chi connectivity index (χ4n) is 2.54. The zero-order chi connectivity index (χ0) is 18.3. The summed E-state index contributed by atoms with van der Waals surface area (Å²) in [6.07, 6.45) is 2.42. The number of hydrogen-bond acceptors (Lipinski definition) is 4. The van der Waals surface area contributed by atoms with Crippen molar-refractivity contribution in [1.82, 2.24) is 0 Å². The van der Waals surface area contributed by atoms with Crippen LogP contribution >= 0.6 is 0 Å². The molecule has 0 N–H and O–H groups in total. The lowest BCUT2D eigenvalue weighted by Crippen LogP contribution is -2.47. The summed E-state index contributed by atoms with van der Waals surface area (Å²) in [5.41, 5.74) is 1.69. The molecular weight excluding hydrogens is 332 g/mol. The quantitative estimate of drug-likeness (QED) is 0.414. The first-order valence-corrected chi connectivity index (χ1v) is 11.5. The number of aryl methyl sites for hydroxylation is 1. The second-order valence-electron chi connectivity index (χ2n) is 6.60. The molecule has 0 atom stereocenters. The van der Waals surface area contributed by atoms with Crippen molar-refractivity contribution in [2.24, 2.45) is 0 Å². The molecule has 0 aromatic heterocycles. The zero-order valence-electron chi connectivity index (χ0n) is 15.0. The molecule has 132 valence electrons. The van der Waals surface area contributed by atoms with E-state index in [-0.39, 0.29) is 5.97 Å². The Morgan fingerprint density at radius 2 is 1.76 bits per heavy atom. The van der Waals surface area contributed by atoms with Gasteiger partial charge in [-0.3, -0.25) is 9.59 Å². The van der Waals surface area contributed by atoms with Gasteiger partial charge in [0.25, 0.3) is 0 Å². The van der Waals surface area contributed by atoms with Gasteiger partial charge in [-0.2, -0.15) is 0 Å². The molecular formula is C20H24O4Si. The van der Waals surface area contributed by atoms with Gasteiger partial charge in [0.2, 0.25) is 0 Å². The van der Waals surface area contributed by atoms with Crippen LogP contribution in [-0.2, 0) is 16.0 Å². The van der Waals surface area contributed by atoms with Crippen LogP contribution in [0.3, 0.4) is 0 Å². The van der Waals surface area contributed by atoms with Crippen LogP contribution in [0.1, 0.15) is 22.3 Å². The number of rotatable bonds is 8. The molecule has 0 aliphatic rings. The fourth-order valence-corrected chi connectivity index (χ4v) is 4.30. The van der Waals surface area contributed by atoms with E-state index < -0.39 is 8.07 Å². The maximum absolute atomic E-state index is 11.4. The largest absolute Gasteiger partial charge is 0.496 e. The smallest absolute Gasteiger partial charge is 0.305 e. The molecule has 0 unspecified atom stereocenters. The summed E-state index contributed by atoms with van der Waals surface area (Å²) in [7, 11) is -0.405. The Labute approximate surface area is 149 Å². The molecule has 0 radical (unpaired) electrons. The van der Waals surface area contributed by atoms with Crippen LogP contribution in [0.5, 0.6) is 5.75 Å². The maximum Gasteiger partial charge on any atom is 0.305 e. The van der Waals surface area contributed by atoms with Crippen LogP contribution in [0.25, 0.3) is 0 Å². The number of methoxy groups -OCH3 is 1. The lowest BCUT2D eigenvalue weighted by molar-refractivity contribution is -0.140. The van der Waals surface area contributed by atoms with Crippen molar-refractivity contribution in [1.29, 1.82) is 0 Å². The van der Waals surface area contributed by atoms with Gasteiger partial charge >= 0.3 is 5.97 Å². The molecule has 0 saturated carbocycles. The molecule has 0 aliphatic heterocycles. The van der Waals surface area contributed by atoms with Crippen molar-refractivity contribution >= 4 is 25.5 Å². The van der Waals surface area contributed by atoms with Crippen LogP contribution in [-0.4, -0.2) is 33.7 Å². The first-order chi connectivity index (χ1) is 12.0. The molecule has 0 saturated heterocycles. The van der Waals surface area contributed by atoms with Crippen molar-refractivity contribution in [2.45, 2.75) is 25.9 Å². The maximum atomic E-state index is 11.4. The second kappa shape index (κ2) is 8.62. The summed E-state index contributed by atoms with van der Waals surface area (Å²) in [4.78, 5) is 22.2. The second-order valence-corrected chi connectivity index (χ2v) is 11.2. The standard InChI is InChI=1S/C20H24O4Si/c1-23-20(22)13-10-17-6-4-5-7-19(17)24-15-25(2,3)18-11-8-16(14-21)9-12-18/h4-9,11-12,14H,10,13,15H2,1-3H3. The molecule has 0 spiro atoms. The normalized spacial score (nSPS) is 11.0. The van der Waals surface area contributed by atoms with Crippen LogP contribution < -0.4 is 9.92 Å². The highest BCUT2D eigenvalue weighted by atomic mass is 28.3. The van der Waals surface area contributed by atoms with Gasteiger partial charge in [0.05, 0.1) is 13.3 Å². The van der Waals surface area contributed by atoms with Crippen LogP contribution in [0.4, 0.5) is 0 Å². The Hall–Kier alpha value is -2.40. The van der Waals surface area contributed by atoms with E-state index in [0.717, 1.165) is 17.6 Å². The number of esters is 1. The topological polar surface area (TPSA) is 52.6 Å². The van der Waals surface area contributed by atoms with Gasteiger partial charge in [0.15, 0.2) is 0 Å². The van der Waals surface area contributed by atoms with Crippen LogP contribution in [0.2, 0.25) is 13.1 Å². The molecule has 4 nitrogen and oxygen atoms in total. The lowest BCUT2D eigenvalue weighted by atomic mass is 10.1. The van der Waals surface area contributed by atoms with Crippen LogP contribution in [0.15, 0.2) is 48.5 Å². The van der Waals surface area contributed by atoms with E-state index in [4.69, 9.17) is 9.47 Å². The first kappa shape index (κ1) is 18.9. The highest BCUT2D eigenvalue weighted by Gasteiger charge is 2.25. The molecule has 2 rings (SSSR count). The van der Waals surface area contributed by atoms with Crippen molar-refractivity contribution in [2.75, 3.05) is 13.3 Å². The highest BCUT2D eigenvalue weighted by Crippen LogP contribution is 2.21. The third-order valence-electron chi connectivity index (χ3n) is 4.22. The van der Waals surface area contributed by atoms with E-state index in [9.17, 15) is 9.59 Å². The van der Waals surface area contributed by atoms with Crippen molar-refractivity contribution in [3.63, 3.8) is 0 Å². The molecule has 0 bridgehead atoms. The minimum Gasteiger partial charge on any atom is -0.496 e. The third-order valence-corrected chi connectivity index (χ3v) is 6.98. The average Bonchev–Trinajstić information content (AvgIpc) is 2.65. The van der Waals surface area contributed by atoms with Crippen LogP contribution in [0, 0.1) is 0 Å². The summed E-state index contributed by atoms with van der Waals surface area (Å²) in [5, 5.41) is 1.24. The van der Waals surface area contributed by atoms with E-state index in [2.05, 4.69) is 13.1 Å². The Kier molecular flexibility index (Phi) is 6.53. The van der Waals surface area contributed by atoms with E-state index in [1.807, 2.05) is 48.5 Å². The Morgan fingerprint density at radius 1 is 1.08 bits per heavy atom. The van der Waals surface area contributed by atoms with Crippen molar-refractivity contribution < 1.29 is 19.1 Å². The Bertz CT molecular complexity index is 723. The molecule has 5 heteroatoms. The number of hydrogen-bond donors (Lipinski definition) is 0. The fraction of sp³-hybridized carbons (Fsp3) is 0.300. The predicted octanol–water partition coefficient (Wildman–Crippen LogP) is 3.14. The predicted molar refractivity (Wildman–Crippen MR) is 101 cm³/mol. The number of aldehydes is 1. The van der Waals surface area contributed by atoms with Gasteiger partial charge in [-0.05, 0) is 18.1 Å².